The van der Waals surface area contributed by atoms with Crippen molar-refractivity contribution in [1.29, 1.82) is 0 Å². The summed E-state index contributed by atoms with van der Waals surface area (Å²) in [4.78, 5) is 25.3. The van der Waals surface area contributed by atoms with Crippen LogP contribution in [0.4, 0.5) is 11.4 Å². The normalized spacial score (nSPS) is 14.1. The molecule has 1 saturated heterocycles. The first kappa shape index (κ1) is 18.8. The van der Waals surface area contributed by atoms with Crippen molar-refractivity contribution in [1.82, 2.24) is 0 Å². The molecular formula is C20H22N2O5. The minimum Gasteiger partial charge on any atom is -0.457 e. The van der Waals surface area contributed by atoms with Crippen LogP contribution in [0.2, 0.25) is 0 Å². The van der Waals surface area contributed by atoms with Gasteiger partial charge in [-0.1, -0.05) is 23.8 Å². The Hall–Kier alpha value is -2.93. The van der Waals surface area contributed by atoms with Gasteiger partial charge in [0.15, 0.2) is 0 Å². The van der Waals surface area contributed by atoms with Crippen molar-refractivity contribution in [3.63, 3.8) is 0 Å². The first-order chi connectivity index (χ1) is 13.0. The lowest BCUT2D eigenvalue weighted by molar-refractivity contribution is -0.384. The van der Waals surface area contributed by atoms with Crippen LogP contribution in [0.25, 0.3) is 0 Å². The third kappa shape index (κ3) is 4.43. The zero-order valence-corrected chi connectivity index (χ0v) is 15.4. The zero-order valence-electron chi connectivity index (χ0n) is 15.4. The third-order valence-electron chi connectivity index (χ3n) is 4.62. The van der Waals surface area contributed by atoms with Crippen LogP contribution in [0.5, 0.6) is 0 Å². The number of esters is 1. The number of hydrogen-bond acceptors (Lipinski definition) is 6. The number of nitrogens with zero attached hydrogens (tertiary/aromatic N) is 2. The van der Waals surface area contributed by atoms with Crippen molar-refractivity contribution in [2.45, 2.75) is 20.5 Å². The molecule has 7 heteroatoms. The molecule has 0 saturated carbocycles. The summed E-state index contributed by atoms with van der Waals surface area (Å²) in [6.45, 7) is 6.26. The van der Waals surface area contributed by atoms with Crippen LogP contribution in [0.1, 0.15) is 27.0 Å². The highest BCUT2D eigenvalue weighted by atomic mass is 16.6. The van der Waals surface area contributed by atoms with Crippen LogP contribution >= 0.6 is 0 Å². The van der Waals surface area contributed by atoms with E-state index >= 15 is 0 Å². The molecule has 0 radical (unpaired) electrons. The molecule has 0 unspecified atom stereocenters. The van der Waals surface area contributed by atoms with E-state index in [4.69, 9.17) is 9.47 Å². The number of carbonyl (C=O) groups is 1. The van der Waals surface area contributed by atoms with E-state index in [1.54, 1.807) is 12.1 Å². The Morgan fingerprint density at radius 1 is 1.19 bits per heavy atom. The highest BCUT2D eigenvalue weighted by Crippen LogP contribution is 2.30. The summed E-state index contributed by atoms with van der Waals surface area (Å²) in [5, 5.41) is 11.5. The van der Waals surface area contributed by atoms with Gasteiger partial charge in [0.05, 0.1) is 23.7 Å². The molecule has 1 fully saturated rings. The van der Waals surface area contributed by atoms with Crippen LogP contribution in [0.15, 0.2) is 36.4 Å². The van der Waals surface area contributed by atoms with Crippen LogP contribution in [0, 0.1) is 24.0 Å². The topological polar surface area (TPSA) is 81.9 Å². The van der Waals surface area contributed by atoms with Crippen molar-refractivity contribution in [3.8, 4) is 0 Å². The third-order valence-corrected chi connectivity index (χ3v) is 4.62. The summed E-state index contributed by atoms with van der Waals surface area (Å²) >= 11 is 0. The molecule has 0 aromatic heterocycles. The Labute approximate surface area is 157 Å². The molecule has 142 valence electrons. The molecule has 1 aliphatic heterocycles. The minimum atomic E-state index is -0.576. The zero-order chi connectivity index (χ0) is 19.4. The predicted molar refractivity (Wildman–Crippen MR) is 101 cm³/mol. The van der Waals surface area contributed by atoms with E-state index in [9.17, 15) is 14.9 Å². The number of anilines is 1. The van der Waals surface area contributed by atoms with Crippen LogP contribution in [-0.2, 0) is 16.1 Å². The predicted octanol–water partition coefficient (Wildman–Crippen LogP) is 3.41. The molecule has 0 amide bonds. The first-order valence-corrected chi connectivity index (χ1v) is 8.80. The van der Waals surface area contributed by atoms with E-state index in [-0.39, 0.29) is 17.9 Å². The summed E-state index contributed by atoms with van der Waals surface area (Å²) in [7, 11) is 0. The maximum atomic E-state index is 12.4. The monoisotopic (exact) mass is 370 g/mol. The quantitative estimate of drug-likeness (QED) is 0.456. The number of hydrogen-bond donors (Lipinski definition) is 0. The summed E-state index contributed by atoms with van der Waals surface area (Å²) in [5.74, 6) is -0.576. The van der Waals surface area contributed by atoms with Gasteiger partial charge in [-0.05, 0) is 37.1 Å². The van der Waals surface area contributed by atoms with Crippen LogP contribution < -0.4 is 4.90 Å². The Morgan fingerprint density at radius 2 is 1.93 bits per heavy atom. The molecule has 27 heavy (non-hydrogen) atoms. The fourth-order valence-corrected chi connectivity index (χ4v) is 3.05. The number of rotatable bonds is 5. The van der Waals surface area contributed by atoms with Crippen molar-refractivity contribution in [2.75, 3.05) is 31.2 Å². The SMILES string of the molecule is Cc1ccc(C)c(COC(=O)c2ccc(N3CCOCC3)c([N+](=O)[O-])c2)c1. The second kappa shape index (κ2) is 8.18. The van der Waals surface area contributed by atoms with Gasteiger partial charge in [-0.3, -0.25) is 10.1 Å². The van der Waals surface area contributed by atoms with Crippen molar-refractivity contribution in [3.05, 3.63) is 68.8 Å². The lowest BCUT2D eigenvalue weighted by Crippen LogP contribution is -2.36. The highest BCUT2D eigenvalue weighted by molar-refractivity contribution is 5.91. The average molecular weight is 370 g/mol. The molecule has 2 aromatic carbocycles. The lowest BCUT2D eigenvalue weighted by atomic mass is 10.1. The van der Waals surface area contributed by atoms with Crippen molar-refractivity contribution >= 4 is 17.3 Å². The first-order valence-electron chi connectivity index (χ1n) is 8.80. The number of morpholine rings is 1. The molecule has 0 aliphatic carbocycles. The van der Waals surface area contributed by atoms with Gasteiger partial charge >= 0.3 is 5.97 Å². The minimum absolute atomic E-state index is 0.0990. The second-order valence-electron chi connectivity index (χ2n) is 6.57. The maximum absolute atomic E-state index is 12.4. The standard InChI is InChI=1S/C20H22N2O5/c1-14-3-4-15(2)17(11-14)13-27-20(23)16-5-6-18(19(12-16)22(24)25)21-7-9-26-10-8-21/h3-6,11-12H,7-10,13H2,1-2H3. The number of nitro groups is 1. The average Bonchev–Trinajstić information content (AvgIpc) is 2.68. The lowest BCUT2D eigenvalue weighted by Gasteiger charge is -2.28. The van der Waals surface area contributed by atoms with Gasteiger partial charge in [0, 0.05) is 19.2 Å². The molecule has 7 nitrogen and oxygen atoms in total. The van der Waals surface area contributed by atoms with E-state index in [2.05, 4.69) is 0 Å². The van der Waals surface area contributed by atoms with E-state index in [0.29, 0.717) is 32.0 Å². The molecule has 2 aromatic rings. The number of nitro benzene ring substituents is 1. The summed E-state index contributed by atoms with van der Waals surface area (Å²) < 4.78 is 10.7. The Balaban J connectivity index is 1.77. The molecule has 1 heterocycles. The largest absolute Gasteiger partial charge is 0.457 e. The summed E-state index contributed by atoms with van der Waals surface area (Å²) in [5.41, 5.74) is 3.60. The Kier molecular flexibility index (Phi) is 5.71. The number of carbonyl (C=O) groups excluding carboxylic acids is 1. The van der Waals surface area contributed by atoms with Gasteiger partial charge in [0.1, 0.15) is 12.3 Å². The van der Waals surface area contributed by atoms with Gasteiger partial charge < -0.3 is 14.4 Å². The highest BCUT2D eigenvalue weighted by Gasteiger charge is 2.23. The molecule has 0 atom stereocenters. The van der Waals surface area contributed by atoms with Crippen LogP contribution in [0.3, 0.4) is 0 Å². The van der Waals surface area contributed by atoms with Gasteiger partial charge in [-0.2, -0.15) is 0 Å². The van der Waals surface area contributed by atoms with Gasteiger partial charge in [-0.25, -0.2) is 4.79 Å². The maximum Gasteiger partial charge on any atom is 0.338 e. The second-order valence-corrected chi connectivity index (χ2v) is 6.57. The molecule has 0 bridgehead atoms. The van der Waals surface area contributed by atoms with E-state index in [0.717, 1.165) is 16.7 Å². The molecule has 0 N–H and O–H groups in total. The fourth-order valence-electron chi connectivity index (χ4n) is 3.05. The Bertz CT molecular complexity index is 859. The number of benzene rings is 2. The fraction of sp³-hybridized carbons (Fsp3) is 0.350. The van der Waals surface area contributed by atoms with E-state index < -0.39 is 10.9 Å². The molecule has 1 aliphatic rings. The number of aryl methyl sites for hydroxylation is 2. The Morgan fingerprint density at radius 3 is 2.63 bits per heavy atom. The molecule has 0 spiro atoms. The summed E-state index contributed by atoms with van der Waals surface area (Å²) in [6.07, 6.45) is 0. The van der Waals surface area contributed by atoms with E-state index in [1.165, 1.54) is 6.07 Å². The number of ether oxygens (including phenoxy) is 2. The van der Waals surface area contributed by atoms with Gasteiger partial charge in [0.25, 0.3) is 5.69 Å². The van der Waals surface area contributed by atoms with E-state index in [1.807, 2.05) is 36.9 Å². The smallest absolute Gasteiger partial charge is 0.338 e. The van der Waals surface area contributed by atoms with Crippen molar-refractivity contribution in [2.24, 2.45) is 0 Å². The van der Waals surface area contributed by atoms with Gasteiger partial charge in [0.2, 0.25) is 0 Å². The molecular weight excluding hydrogens is 348 g/mol. The molecule has 3 rings (SSSR count). The van der Waals surface area contributed by atoms with Crippen molar-refractivity contribution < 1.29 is 19.2 Å². The summed E-state index contributed by atoms with van der Waals surface area (Å²) in [6, 6.07) is 10.4. The van der Waals surface area contributed by atoms with Gasteiger partial charge in [-0.15, -0.1) is 0 Å². The van der Waals surface area contributed by atoms with Crippen LogP contribution in [-0.4, -0.2) is 37.2 Å².